The molecule has 1 rings (SSSR count). The number of hydrogen-bond acceptors (Lipinski definition) is 3. The Bertz CT molecular complexity index is 1120. The molecule has 1 atom stereocenters. The Labute approximate surface area is 329 Å². The molecule has 1 unspecified atom stereocenters. The zero-order chi connectivity index (χ0) is 35.3. The van der Waals surface area contributed by atoms with Gasteiger partial charge in [0.15, 0.2) is 0 Å². The van der Waals surface area contributed by atoms with E-state index in [0.29, 0.717) is 30.7 Å². The van der Waals surface area contributed by atoms with E-state index in [2.05, 4.69) is 116 Å². The normalized spacial score (nSPS) is 14.7. The number of benzene rings is 1. The summed E-state index contributed by atoms with van der Waals surface area (Å²) in [4.78, 5) is 26.4. The predicted molar refractivity (Wildman–Crippen MR) is 202 cm³/mol. The average molecular weight is 941 g/mol. The molecule has 274 valence electrons. The number of nitrogens with zero attached hydrogens (tertiary/aromatic N) is 2. The van der Waals surface area contributed by atoms with Crippen molar-refractivity contribution < 1.29 is 53.3 Å². The summed E-state index contributed by atoms with van der Waals surface area (Å²) < 4.78 is 6.47. The third kappa shape index (κ3) is 17.7. The van der Waals surface area contributed by atoms with E-state index < -0.39 is 10.8 Å². The smallest absolute Gasteiger partial charge is 0.652 e. The van der Waals surface area contributed by atoms with E-state index in [1.807, 2.05) is 58.0 Å². The van der Waals surface area contributed by atoms with Gasteiger partial charge in [0, 0.05) is 20.9 Å². The molecule has 5 nitrogen and oxygen atoms in total. The molecule has 0 aliphatic rings. The van der Waals surface area contributed by atoms with Gasteiger partial charge in [0.05, 0.1) is 17.4 Å². The minimum Gasteiger partial charge on any atom is -0.652 e. The quantitative estimate of drug-likeness (QED) is 0.0887. The van der Waals surface area contributed by atoms with Gasteiger partial charge < -0.3 is 25.0 Å². The Hall–Kier alpha value is 0.0968. The van der Waals surface area contributed by atoms with Gasteiger partial charge in [-0.25, -0.2) is 0 Å². The molecule has 47 heavy (non-hydrogen) atoms. The molecule has 0 spiro atoms. The second-order valence-electron chi connectivity index (χ2n) is 19.2. The number of hydrogen-bond donors (Lipinski definition) is 0. The van der Waals surface area contributed by atoms with Crippen LogP contribution in [0.15, 0.2) is 30.3 Å². The number of carbonyl (C=O) groups excluding carboxylic acids is 2. The van der Waals surface area contributed by atoms with Gasteiger partial charge in [-0.15, -0.1) is 12.2 Å². The van der Waals surface area contributed by atoms with Crippen molar-refractivity contribution in [3.63, 3.8) is 0 Å². The molecular weight excluding hydrogens is 873 g/mol. The third-order valence-corrected chi connectivity index (χ3v) is 10.6. The van der Waals surface area contributed by atoms with Crippen molar-refractivity contribution in [3.05, 3.63) is 41.0 Å². The van der Waals surface area contributed by atoms with Crippen LogP contribution >= 0.6 is 22.6 Å². The van der Waals surface area contributed by atoms with Crippen LogP contribution in [0.1, 0.15) is 143 Å². The van der Waals surface area contributed by atoms with Crippen molar-refractivity contribution in [2.24, 2.45) is 32.5 Å². The summed E-state index contributed by atoms with van der Waals surface area (Å²) in [5.74, 6) is -0.395. The first kappa shape index (κ1) is 49.2. The van der Waals surface area contributed by atoms with Crippen LogP contribution in [0.3, 0.4) is 0 Å². The molecule has 0 saturated carbocycles. The third-order valence-electron chi connectivity index (χ3n) is 8.95. The zero-order valence-corrected chi connectivity index (χ0v) is 38.2. The Morgan fingerprint density at radius 3 is 1.62 bits per heavy atom. The second kappa shape index (κ2) is 18.0. The number of para-hydroxylation sites is 1. The van der Waals surface area contributed by atoms with Crippen LogP contribution in [0.5, 0.6) is 0 Å². The molecule has 0 saturated heterocycles. The van der Waals surface area contributed by atoms with Crippen LogP contribution in [-0.2, 0) is 53.3 Å². The summed E-state index contributed by atoms with van der Waals surface area (Å²) in [6, 6.07) is 9.24. The first-order valence-corrected chi connectivity index (χ1v) is 17.9. The molecule has 2 amide bonds. The van der Waals surface area contributed by atoms with Crippen LogP contribution in [0.25, 0.3) is 10.6 Å². The first-order chi connectivity index (χ1) is 19.9. The van der Waals surface area contributed by atoms with Crippen LogP contribution in [0.4, 0.5) is 5.69 Å². The molecule has 0 N–H and O–H groups in total. The molecule has 2 radical (unpaired) electrons. The molecular formula is C39H67IN2O3Ru2. The van der Waals surface area contributed by atoms with Crippen LogP contribution in [-0.4, -0.2) is 34.0 Å². The molecule has 0 aliphatic heterocycles. The fraction of sp³-hybridized carbons (Fsp3) is 0.795. The van der Waals surface area contributed by atoms with Crippen molar-refractivity contribution in [3.8, 4) is 0 Å². The largest absolute Gasteiger partial charge is 1.00 e. The fourth-order valence-electron chi connectivity index (χ4n) is 7.31. The van der Waals surface area contributed by atoms with Crippen LogP contribution in [0, 0.1) is 32.5 Å². The number of ether oxygens (including phenoxy) is 1. The van der Waals surface area contributed by atoms with E-state index in [0.717, 1.165) is 19.3 Å². The number of rotatable bonds is 17. The van der Waals surface area contributed by atoms with Crippen molar-refractivity contribution in [2.45, 2.75) is 152 Å². The molecule has 0 aliphatic carbocycles. The molecule has 0 heterocycles. The van der Waals surface area contributed by atoms with E-state index in [1.165, 1.54) is 6.42 Å². The van der Waals surface area contributed by atoms with E-state index in [9.17, 15) is 9.59 Å². The van der Waals surface area contributed by atoms with Crippen molar-refractivity contribution in [1.82, 2.24) is 0 Å². The summed E-state index contributed by atoms with van der Waals surface area (Å²) in [5.41, 5.74) is -0.753. The van der Waals surface area contributed by atoms with Crippen molar-refractivity contribution >= 4 is 40.1 Å². The van der Waals surface area contributed by atoms with E-state index in [1.54, 1.807) is 0 Å². The number of alkyl halides is 1. The van der Waals surface area contributed by atoms with Gasteiger partial charge in [-0.1, -0.05) is 148 Å². The fourth-order valence-corrected chi connectivity index (χ4v) is 8.50. The molecule has 8 heteroatoms. The summed E-state index contributed by atoms with van der Waals surface area (Å²) in [6.45, 7) is 36.1. The van der Waals surface area contributed by atoms with E-state index >= 15 is 0 Å². The van der Waals surface area contributed by atoms with E-state index in [4.69, 9.17) is 4.74 Å². The molecule has 0 aromatic heterocycles. The Morgan fingerprint density at radius 1 is 0.638 bits per heavy atom. The Balaban J connectivity index is 0. The standard InChI is InChI=1S/C39H69IN2O3.2Ru/c1-32(2,3)24-34(6,7)25-33(4,5)22-23-45-38(14,15)39(16,40)26-35(8,9)28-41-30(43)36(10,11)27-37(12,13)31(44)42-29-20-18-17-19-21-29;;/h17-21H,22-28H2,1-16H3,(H2,41,42,43,44);;/q;2*+1/p-2. The minimum absolute atomic E-state index is 0. The van der Waals surface area contributed by atoms with Gasteiger partial charge in [0.2, 0.25) is 0 Å². The molecule has 0 fully saturated rings. The maximum Gasteiger partial charge on any atom is 1.00 e. The maximum absolute atomic E-state index is 13.4. The molecule has 1 aromatic rings. The first-order valence-electron chi connectivity index (χ1n) is 16.8. The second-order valence-corrected chi connectivity index (χ2v) is 21.6. The number of carbonyl (C=O) groups is 2. The number of halogens is 1. The Kier molecular flexibility index (Phi) is 18.9. The summed E-state index contributed by atoms with van der Waals surface area (Å²) >= 11 is 2.55. The van der Waals surface area contributed by atoms with Crippen molar-refractivity contribution in [1.29, 1.82) is 0 Å². The van der Waals surface area contributed by atoms with Gasteiger partial charge in [-0.2, -0.15) is 0 Å². The van der Waals surface area contributed by atoms with Gasteiger partial charge in [-0.05, 0) is 69.1 Å². The van der Waals surface area contributed by atoms with E-state index in [-0.39, 0.29) is 76.0 Å². The predicted octanol–water partition coefficient (Wildman–Crippen LogP) is 12.2. The number of amides is 2. The SMILES string of the molecule is CC(C)(C)CC(C)(C)CC(C)(C)CCOC(C)(C)C(C)(I)CC(C)(C)C[N-]C(=O)C(C)(C)CC(C)(C)C(=O)[N-]c1ccccc1.[Ru+].[Ru+]. The minimum atomic E-state index is -0.793. The molecule has 1 aromatic carbocycles. The average Bonchev–Trinajstić information content (AvgIpc) is 2.79. The van der Waals surface area contributed by atoms with Crippen molar-refractivity contribution in [2.75, 3.05) is 13.2 Å². The summed E-state index contributed by atoms with van der Waals surface area (Å²) in [7, 11) is 0. The van der Waals surface area contributed by atoms with Gasteiger partial charge in [-0.3, -0.25) is 0 Å². The van der Waals surface area contributed by atoms with Gasteiger partial charge >= 0.3 is 39.0 Å². The zero-order valence-electron chi connectivity index (χ0n) is 32.5. The molecule has 0 bridgehead atoms. The van der Waals surface area contributed by atoms with Gasteiger partial charge in [0.25, 0.3) is 0 Å². The monoisotopic (exact) mass is 942 g/mol. The topological polar surface area (TPSA) is 71.6 Å². The summed E-state index contributed by atoms with van der Waals surface area (Å²) in [6.07, 6.45) is 4.58. The summed E-state index contributed by atoms with van der Waals surface area (Å²) in [5, 5.41) is 8.88. The van der Waals surface area contributed by atoms with Gasteiger partial charge in [0.1, 0.15) is 0 Å². The van der Waals surface area contributed by atoms with Crippen LogP contribution < -0.4 is 0 Å². The Morgan fingerprint density at radius 2 is 1.13 bits per heavy atom. The maximum atomic E-state index is 13.4. The van der Waals surface area contributed by atoms with Crippen LogP contribution in [0.2, 0.25) is 0 Å².